The van der Waals surface area contributed by atoms with Gasteiger partial charge in [-0.2, -0.15) is 0 Å². The molecule has 4 rings (SSSR count). The molecule has 2 heterocycles. The van der Waals surface area contributed by atoms with Gasteiger partial charge >= 0.3 is 0 Å². The Morgan fingerprint density at radius 1 is 1.04 bits per heavy atom. The lowest BCUT2D eigenvalue weighted by molar-refractivity contribution is 0.125. The van der Waals surface area contributed by atoms with E-state index in [2.05, 4.69) is 47.2 Å². The minimum atomic E-state index is 0.196. The summed E-state index contributed by atoms with van der Waals surface area (Å²) in [5.74, 6) is 0. The van der Waals surface area contributed by atoms with Gasteiger partial charge in [-0.25, -0.2) is 0 Å². The molecule has 1 aromatic heterocycles. The van der Waals surface area contributed by atoms with E-state index in [1.54, 1.807) is 0 Å². The van der Waals surface area contributed by atoms with Crippen LogP contribution in [-0.2, 0) is 0 Å². The lowest BCUT2D eigenvalue weighted by Gasteiger charge is -2.38. The van der Waals surface area contributed by atoms with E-state index in [1.165, 1.54) is 16.7 Å². The molecule has 118 valence electrons. The fourth-order valence-corrected chi connectivity index (χ4v) is 3.70. The first-order valence-electron chi connectivity index (χ1n) is 8.07. The van der Waals surface area contributed by atoms with E-state index < -0.39 is 0 Å². The van der Waals surface area contributed by atoms with Crippen molar-refractivity contribution in [1.29, 1.82) is 0 Å². The summed E-state index contributed by atoms with van der Waals surface area (Å²) in [5.41, 5.74) is 4.84. The van der Waals surface area contributed by atoms with Gasteiger partial charge in [0.1, 0.15) is 0 Å². The van der Waals surface area contributed by atoms with E-state index in [0.29, 0.717) is 0 Å². The van der Waals surface area contributed by atoms with Gasteiger partial charge in [0.15, 0.2) is 0 Å². The van der Waals surface area contributed by atoms with Crippen molar-refractivity contribution < 1.29 is 0 Å². The van der Waals surface area contributed by atoms with Gasteiger partial charge in [0.2, 0.25) is 0 Å². The van der Waals surface area contributed by atoms with Crippen LogP contribution in [0, 0.1) is 0 Å². The Morgan fingerprint density at radius 2 is 1.83 bits per heavy atom. The van der Waals surface area contributed by atoms with Crippen molar-refractivity contribution in [2.75, 3.05) is 33.2 Å². The molecule has 2 aromatic rings. The Hall–Kier alpha value is -1.68. The lowest BCUT2D eigenvalue weighted by Crippen LogP contribution is -2.46. The average molecular weight is 326 g/mol. The molecular formula is C19H20ClN3. The molecule has 4 heteroatoms. The summed E-state index contributed by atoms with van der Waals surface area (Å²) < 4.78 is 0. The van der Waals surface area contributed by atoms with Crippen LogP contribution >= 0.6 is 11.6 Å². The molecule has 0 amide bonds. The normalized spacial score (nSPS) is 21.6. The Labute approximate surface area is 142 Å². The summed E-state index contributed by atoms with van der Waals surface area (Å²) >= 11 is 6.22. The van der Waals surface area contributed by atoms with E-state index in [0.717, 1.165) is 36.9 Å². The summed E-state index contributed by atoms with van der Waals surface area (Å²) in [5, 5.41) is 0.782. The Kier molecular flexibility index (Phi) is 3.93. The van der Waals surface area contributed by atoms with Crippen LogP contribution in [0.15, 0.2) is 36.5 Å². The van der Waals surface area contributed by atoms with Gasteiger partial charge in [0, 0.05) is 37.4 Å². The highest BCUT2D eigenvalue weighted by Gasteiger charge is 2.30. The van der Waals surface area contributed by atoms with E-state index in [4.69, 9.17) is 16.6 Å². The number of nitrogens with zero attached hydrogens (tertiary/aromatic N) is 3. The zero-order valence-electron chi connectivity index (χ0n) is 13.2. The number of fused-ring (bicyclic) bond motifs is 2. The second-order valence-electron chi connectivity index (χ2n) is 6.33. The number of likely N-dealkylation sites (N-methyl/N-ethyl adjacent to an activating group) is 1. The standard InChI is InChI=1S/C19H20ClN3/c1-22-9-11-23(12-10-22)19-17-7-6-16(20)13-15(17)5-4-14-3-2-8-21-18(14)19/h2-8,13,19H,9-12H2,1H3. The summed E-state index contributed by atoms with van der Waals surface area (Å²) in [6.45, 7) is 4.29. The molecule has 1 fully saturated rings. The molecule has 1 aliphatic heterocycles. The molecule has 0 saturated carbocycles. The molecule has 1 aliphatic carbocycles. The predicted molar refractivity (Wildman–Crippen MR) is 95.5 cm³/mol. The Morgan fingerprint density at radius 3 is 2.65 bits per heavy atom. The molecular weight excluding hydrogens is 306 g/mol. The minimum Gasteiger partial charge on any atom is -0.304 e. The SMILES string of the molecule is CN1CCN(C2c3ccc(Cl)cc3C=Cc3cccnc32)CC1. The number of benzene rings is 1. The van der Waals surface area contributed by atoms with Gasteiger partial charge in [0.05, 0.1) is 11.7 Å². The zero-order valence-corrected chi connectivity index (χ0v) is 14.0. The second kappa shape index (κ2) is 6.08. The highest BCUT2D eigenvalue weighted by atomic mass is 35.5. The van der Waals surface area contributed by atoms with E-state index in [-0.39, 0.29) is 6.04 Å². The smallest absolute Gasteiger partial charge is 0.0789 e. The zero-order chi connectivity index (χ0) is 15.8. The average Bonchev–Trinajstić information content (AvgIpc) is 2.72. The topological polar surface area (TPSA) is 19.4 Å². The highest BCUT2D eigenvalue weighted by molar-refractivity contribution is 6.30. The fraction of sp³-hybridized carbons (Fsp3) is 0.316. The van der Waals surface area contributed by atoms with E-state index in [1.807, 2.05) is 18.3 Å². The molecule has 0 bridgehead atoms. The first kappa shape index (κ1) is 14.9. The monoisotopic (exact) mass is 325 g/mol. The van der Waals surface area contributed by atoms with Crippen molar-refractivity contribution in [1.82, 2.24) is 14.8 Å². The summed E-state index contributed by atoms with van der Waals surface area (Å²) in [6.07, 6.45) is 6.22. The largest absolute Gasteiger partial charge is 0.304 e. The third kappa shape index (κ3) is 2.80. The number of hydrogen-bond acceptors (Lipinski definition) is 3. The molecule has 0 N–H and O–H groups in total. The lowest BCUT2D eigenvalue weighted by atomic mass is 9.96. The first-order chi connectivity index (χ1) is 11.2. The van der Waals surface area contributed by atoms with Gasteiger partial charge < -0.3 is 4.90 Å². The maximum absolute atomic E-state index is 6.22. The number of hydrogen-bond donors (Lipinski definition) is 0. The molecule has 0 spiro atoms. The number of piperazine rings is 1. The number of pyridine rings is 1. The van der Waals surface area contributed by atoms with Crippen LogP contribution in [0.4, 0.5) is 0 Å². The molecule has 1 unspecified atom stereocenters. The number of aromatic nitrogens is 1. The van der Waals surface area contributed by atoms with Crippen molar-refractivity contribution in [2.45, 2.75) is 6.04 Å². The van der Waals surface area contributed by atoms with Gasteiger partial charge in [0.25, 0.3) is 0 Å². The molecule has 0 radical (unpaired) electrons. The van der Waals surface area contributed by atoms with Crippen molar-refractivity contribution in [2.24, 2.45) is 0 Å². The van der Waals surface area contributed by atoms with E-state index >= 15 is 0 Å². The van der Waals surface area contributed by atoms with Crippen LogP contribution in [-0.4, -0.2) is 48.0 Å². The van der Waals surface area contributed by atoms with Gasteiger partial charge in [-0.15, -0.1) is 0 Å². The summed E-state index contributed by atoms with van der Waals surface area (Å²) in [4.78, 5) is 9.67. The highest BCUT2D eigenvalue weighted by Crippen LogP contribution is 2.37. The van der Waals surface area contributed by atoms with Crippen LogP contribution in [0.25, 0.3) is 12.2 Å². The third-order valence-corrected chi connectivity index (χ3v) is 5.05. The quantitative estimate of drug-likeness (QED) is 0.799. The molecule has 1 saturated heterocycles. The van der Waals surface area contributed by atoms with Crippen molar-refractivity contribution >= 4 is 23.8 Å². The van der Waals surface area contributed by atoms with Crippen LogP contribution in [0.2, 0.25) is 5.02 Å². The van der Waals surface area contributed by atoms with Gasteiger partial charge in [-0.3, -0.25) is 9.88 Å². The van der Waals surface area contributed by atoms with Crippen LogP contribution < -0.4 is 0 Å². The van der Waals surface area contributed by atoms with Crippen molar-refractivity contribution in [3.63, 3.8) is 0 Å². The van der Waals surface area contributed by atoms with Crippen molar-refractivity contribution in [3.05, 3.63) is 63.9 Å². The van der Waals surface area contributed by atoms with E-state index in [9.17, 15) is 0 Å². The number of rotatable bonds is 1. The molecule has 1 atom stereocenters. The Bertz CT molecular complexity index is 748. The molecule has 3 nitrogen and oxygen atoms in total. The second-order valence-corrected chi connectivity index (χ2v) is 6.76. The maximum atomic E-state index is 6.22. The molecule has 2 aliphatic rings. The predicted octanol–water partition coefficient (Wildman–Crippen LogP) is 3.56. The van der Waals surface area contributed by atoms with Crippen molar-refractivity contribution in [3.8, 4) is 0 Å². The first-order valence-corrected chi connectivity index (χ1v) is 8.45. The van der Waals surface area contributed by atoms with Crippen LogP contribution in [0.3, 0.4) is 0 Å². The van der Waals surface area contributed by atoms with Gasteiger partial charge in [-0.05, 0) is 41.9 Å². The maximum Gasteiger partial charge on any atom is 0.0789 e. The minimum absolute atomic E-state index is 0.196. The summed E-state index contributed by atoms with van der Waals surface area (Å²) in [7, 11) is 2.19. The molecule has 1 aromatic carbocycles. The summed E-state index contributed by atoms with van der Waals surface area (Å²) in [6, 6.07) is 10.6. The third-order valence-electron chi connectivity index (χ3n) is 4.82. The van der Waals surface area contributed by atoms with Gasteiger partial charge in [-0.1, -0.05) is 35.9 Å². The Balaban J connectivity index is 1.84. The number of halogens is 1. The van der Waals surface area contributed by atoms with Crippen LogP contribution in [0.1, 0.15) is 28.4 Å². The van der Waals surface area contributed by atoms with Crippen LogP contribution in [0.5, 0.6) is 0 Å². The fourth-order valence-electron chi connectivity index (χ4n) is 3.51. The molecule has 23 heavy (non-hydrogen) atoms.